The van der Waals surface area contributed by atoms with Crippen molar-refractivity contribution in [3.8, 4) is 0 Å². The molecule has 13 atom stereocenters. The van der Waals surface area contributed by atoms with Gasteiger partial charge >= 0.3 is 0 Å². The predicted octanol–water partition coefficient (Wildman–Crippen LogP) is 24.3. The summed E-state index contributed by atoms with van der Waals surface area (Å²) in [5, 5.41) is 0. The lowest BCUT2D eigenvalue weighted by atomic mass is 9.50. The molecule has 0 aromatic heterocycles. The van der Waals surface area contributed by atoms with Crippen LogP contribution in [-0.4, -0.2) is 74.2 Å². The fourth-order valence-electron chi connectivity index (χ4n) is 31.9. The predicted molar refractivity (Wildman–Crippen MR) is 465 cm³/mol. The molecule has 0 aliphatic heterocycles. The molecule has 0 heterocycles. The Bertz CT molecular complexity index is 4960. The highest BCUT2D eigenvalue weighted by atomic mass is 16.8. The average molecular weight is 1610 g/mol. The molecule has 8 spiro atoms. The molecule has 0 aromatic carbocycles. The van der Waals surface area contributed by atoms with Crippen LogP contribution in [0.4, 0.5) is 0 Å². The summed E-state index contributed by atoms with van der Waals surface area (Å²) in [6.07, 6.45) is 64.7. The molecular weight excluding hydrogens is 1470 g/mol. The van der Waals surface area contributed by atoms with Gasteiger partial charge in [0.05, 0.1) is 34.9 Å². The lowest BCUT2D eigenvalue weighted by Crippen LogP contribution is -2.46. The normalized spacial score (nSPS) is 41.1. The molecule has 0 N–H and O–H groups in total. The first-order chi connectivity index (χ1) is 56.7. The van der Waals surface area contributed by atoms with E-state index in [0.717, 1.165) is 179 Å². The second kappa shape index (κ2) is 27.1. The number of fused-ring (bicyclic) bond motifs is 16. The van der Waals surface area contributed by atoms with Gasteiger partial charge in [0.2, 0.25) is 0 Å². The highest BCUT2D eigenvalue weighted by molar-refractivity contribution is 6.03. The van der Waals surface area contributed by atoms with Gasteiger partial charge in [0.1, 0.15) is 28.9 Å². The van der Waals surface area contributed by atoms with Crippen LogP contribution in [0.1, 0.15) is 322 Å². The molecule has 24 rings (SSSR count). The molecule has 0 radical (unpaired) electrons. The average Bonchev–Trinajstić information content (AvgIpc) is 1.53. The van der Waals surface area contributed by atoms with Crippen LogP contribution < -0.4 is 0 Å². The number of hydrogen-bond acceptors (Lipinski definition) is 11. The van der Waals surface area contributed by atoms with E-state index in [-0.39, 0.29) is 81.7 Å². The van der Waals surface area contributed by atoms with Crippen molar-refractivity contribution in [2.75, 3.05) is 33.0 Å². The molecule has 0 saturated heterocycles. The number of carbonyl (C=O) groups is 6. The number of carbonyl (C=O) groups excluding carboxylic acids is 6. The van der Waals surface area contributed by atoms with Gasteiger partial charge in [-0.1, -0.05) is 126 Å². The molecule has 7 saturated carbocycles. The molecule has 0 amide bonds. The van der Waals surface area contributed by atoms with Crippen molar-refractivity contribution in [3.63, 3.8) is 0 Å². The van der Waals surface area contributed by atoms with Gasteiger partial charge in [0, 0.05) is 78.5 Å². The Balaban J connectivity index is 0.0000000979. The maximum Gasteiger partial charge on any atom is 0.271 e. The largest absolute Gasteiger partial charge is 0.494 e. The summed E-state index contributed by atoms with van der Waals surface area (Å²) in [5.74, 6) is 4.99. The third-order valence-corrected chi connectivity index (χ3v) is 38.8. The summed E-state index contributed by atoms with van der Waals surface area (Å²) in [4.78, 5) is 77.4. The van der Waals surface area contributed by atoms with Gasteiger partial charge in [-0.3, -0.25) is 28.8 Å². The number of allylic oxidation sites excluding steroid dienone is 28. The highest BCUT2D eigenvalue weighted by Crippen LogP contribution is 2.81. The van der Waals surface area contributed by atoms with E-state index >= 15 is 0 Å². The smallest absolute Gasteiger partial charge is 0.271 e. The maximum atomic E-state index is 13.6. The minimum absolute atomic E-state index is 0.0196. The zero-order valence-electron chi connectivity index (χ0n) is 74.9. The Morgan fingerprint density at radius 3 is 1.10 bits per heavy atom. The summed E-state index contributed by atoms with van der Waals surface area (Å²) in [6.45, 7) is 34.1. The van der Waals surface area contributed by atoms with Crippen molar-refractivity contribution in [1.29, 1.82) is 0 Å². The minimum Gasteiger partial charge on any atom is -0.494 e. The first-order valence-electron chi connectivity index (χ1n) is 47.8. The van der Waals surface area contributed by atoms with E-state index < -0.39 is 6.48 Å². The van der Waals surface area contributed by atoms with Crippen molar-refractivity contribution in [1.82, 2.24) is 0 Å². The molecule has 24 aliphatic carbocycles. The maximum absolute atomic E-state index is 13.6. The second-order valence-electron chi connectivity index (χ2n) is 44.3. The quantitative estimate of drug-likeness (QED) is 0.192. The molecule has 24 aliphatic rings. The summed E-state index contributed by atoms with van der Waals surface area (Å²) in [6, 6.07) is 0. The van der Waals surface area contributed by atoms with Crippen molar-refractivity contribution >= 4 is 34.7 Å². The zero-order chi connectivity index (χ0) is 83.3. The van der Waals surface area contributed by atoms with Gasteiger partial charge in [-0.15, -0.1) is 0 Å². The fraction of sp³-hybridized carbons (Fsp3) is 0.667. The Morgan fingerprint density at radius 1 is 0.353 bits per heavy atom. The fourth-order valence-corrected chi connectivity index (χ4v) is 31.9. The zero-order valence-corrected chi connectivity index (χ0v) is 74.9. The van der Waals surface area contributed by atoms with Crippen LogP contribution in [0.3, 0.4) is 0 Å². The topological polar surface area (TPSA) is 149 Å². The van der Waals surface area contributed by atoms with Crippen LogP contribution in [0.25, 0.3) is 0 Å². The third kappa shape index (κ3) is 10.8. The van der Waals surface area contributed by atoms with E-state index in [4.69, 9.17) is 23.7 Å². The van der Waals surface area contributed by atoms with E-state index in [2.05, 4.69) is 131 Å². The van der Waals surface area contributed by atoms with Gasteiger partial charge in [-0.05, 0) is 370 Å². The second-order valence-corrected chi connectivity index (χ2v) is 44.3. The standard InChI is InChI=1S/C27H34O2.C26H32O2.C24H28O2.C24H26O2.C7H16O3/c1-5-29-18-6-10-25(4)20-8-11-27-21(7-9-24(27,3)15-17(2)23(27)28)19(20)16-26(12-13-26)22(25)14-18;1-4-28-17-5-11-24(3)19-7-12-26-20(6-9-23(26,2)10-8-22(26)27)18(19)16-25(13-14-25)21(24)15-17;2*1-21-7-4-18-16-14-23(11-12-23)19-13-15(25)3-9-22(19,2)17(16)5-10-24(18,21)20(26)6-8-21;1-4-8-7(9-5-2)10-6-3/h6-7,14,17H,5,8-13,15-16H2,1-4H3;5-6,15H,4,7-14,16H2,1-3H3;4,13H,3,5-12,14H2,1-2H3;4,6,8,13H,3,5,7,9-12,14H2,1-2H3;7H,4-6H2,1-3H3/t17?,24-,25?,27?;23-,24?,26?;2*21-,22?,24?;/m0000./s1. The number of ether oxygens (including phenoxy) is 5. The van der Waals surface area contributed by atoms with E-state index in [9.17, 15) is 28.8 Å². The van der Waals surface area contributed by atoms with Gasteiger partial charge in [0.15, 0.2) is 17.3 Å². The Kier molecular flexibility index (Phi) is 18.4. The van der Waals surface area contributed by atoms with Gasteiger partial charge in [-0.2, -0.15) is 0 Å². The molecule has 0 aromatic rings. The van der Waals surface area contributed by atoms with Crippen LogP contribution in [0.2, 0.25) is 0 Å². The Labute approximate surface area is 710 Å². The van der Waals surface area contributed by atoms with Gasteiger partial charge in [0.25, 0.3) is 6.48 Å². The van der Waals surface area contributed by atoms with Crippen molar-refractivity contribution in [2.45, 2.75) is 328 Å². The Morgan fingerprint density at radius 2 is 0.706 bits per heavy atom. The van der Waals surface area contributed by atoms with Gasteiger partial charge < -0.3 is 23.7 Å². The molecule has 634 valence electrons. The summed E-state index contributed by atoms with van der Waals surface area (Å²) < 4.78 is 27.0. The third-order valence-electron chi connectivity index (χ3n) is 38.8. The van der Waals surface area contributed by atoms with E-state index in [0.29, 0.717) is 78.2 Å². The van der Waals surface area contributed by atoms with Crippen LogP contribution in [0.5, 0.6) is 0 Å². The molecule has 11 heteroatoms. The number of rotatable bonds is 10. The summed E-state index contributed by atoms with van der Waals surface area (Å²) in [5.41, 5.74) is 25.9. The lowest BCUT2D eigenvalue weighted by Gasteiger charge is -2.53. The van der Waals surface area contributed by atoms with Crippen LogP contribution in [0.15, 0.2) is 174 Å². The molecule has 9 unspecified atom stereocenters. The van der Waals surface area contributed by atoms with Crippen molar-refractivity contribution in [2.24, 2.45) is 92.6 Å². The van der Waals surface area contributed by atoms with Crippen LogP contribution in [-0.2, 0) is 52.5 Å². The van der Waals surface area contributed by atoms with Crippen molar-refractivity contribution < 1.29 is 52.5 Å². The number of Topliss-reactive ketones (excluding diaryl/α,β-unsaturated/α-hetero) is 3. The molecular formula is C108H136O11. The minimum atomic E-state index is -0.472. The molecule has 7 fully saturated rings. The summed E-state index contributed by atoms with van der Waals surface area (Å²) in [7, 11) is 0. The van der Waals surface area contributed by atoms with Crippen LogP contribution in [0, 0.1) is 92.6 Å². The first kappa shape index (κ1) is 81.0. The van der Waals surface area contributed by atoms with Gasteiger partial charge in [-0.25, -0.2) is 0 Å². The monoisotopic (exact) mass is 1610 g/mol. The van der Waals surface area contributed by atoms with E-state index in [1.807, 2.05) is 39.0 Å². The number of hydrogen-bond donors (Lipinski definition) is 0. The van der Waals surface area contributed by atoms with Crippen molar-refractivity contribution in [3.05, 3.63) is 174 Å². The van der Waals surface area contributed by atoms with E-state index in [1.165, 1.54) is 96.8 Å². The molecule has 11 nitrogen and oxygen atoms in total. The first-order valence-corrected chi connectivity index (χ1v) is 47.8. The molecule has 119 heavy (non-hydrogen) atoms. The molecule has 0 bridgehead atoms. The Hall–Kier alpha value is -6.40. The lowest BCUT2D eigenvalue weighted by molar-refractivity contribution is -0.282. The highest BCUT2D eigenvalue weighted by Gasteiger charge is 2.73. The SMILES string of the molecule is CC12CCC(=O)C=C1C1(CC1)CC1=C2CCC23C(=O)C=C[C@]2(C)CC=C13.CC12CCC(=O)C=C1C1(CC1)CC1=C2CCC23C(=O)CC[C@]2(C)CC=C13.CCOC(OCC)OCC.CCOC1=CCC2(C)C(=C1)C1(CC1)CC1=C2CCC23C(=O)C(C)C[C@]2(C)CC=C13.CCOC1=CCC2(C)C(=C1)C1(CC1)CC1=C2CCC23C(=O)CC[C@]2(C)CC=C13. The number of ketones is 6. The van der Waals surface area contributed by atoms with Crippen LogP contribution >= 0.6 is 0 Å². The summed E-state index contributed by atoms with van der Waals surface area (Å²) >= 11 is 0. The van der Waals surface area contributed by atoms with E-state index in [1.54, 1.807) is 50.2 Å².